The minimum atomic E-state index is -0.294. The molecule has 0 aliphatic rings. The van der Waals surface area contributed by atoms with E-state index in [0.29, 0.717) is 22.4 Å². The standard InChI is InChI=1S/C18H18N4O2/c1-11-9-13-16(17(19-11)18(24)22(2)3)14(23)10-15(21-13)20-12-7-5-4-6-8-12/h4-10H,1-3H3,(H2,20,21,23). The summed E-state index contributed by atoms with van der Waals surface area (Å²) in [7, 11) is 3.27. The van der Waals surface area contributed by atoms with E-state index in [1.165, 1.54) is 11.0 Å². The first-order chi connectivity index (χ1) is 11.5. The molecule has 1 aromatic carbocycles. The summed E-state index contributed by atoms with van der Waals surface area (Å²) < 4.78 is 0. The maximum Gasteiger partial charge on any atom is 0.272 e. The Morgan fingerprint density at radius 3 is 2.54 bits per heavy atom. The van der Waals surface area contributed by atoms with E-state index in [1.807, 2.05) is 30.3 Å². The highest BCUT2D eigenvalue weighted by atomic mass is 16.2. The van der Waals surface area contributed by atoms with Crippen molar-refractivity contribution in [2.45, 2.75) is 6.92 Å². The zero-order chi connectivity index (χ0) is 17.3. The summed E-state index contributed by atoms with van der Waals surface area (Å²) in [5, 5.41) is 3.46. The molecule has 0 unspecified atom stereocenters. The molecule has 0 spiro atoms. The maximum absolute atomic E-state index is 12.6. The minimum absolute atomic E-state index is 0.169. The second-order valence-corrected chi connectivity index (χ2v) is 5.77. The van der Waals surface area contributed by atoms with Crippen molar-refractivity contribution in [3.8, 4) is 0 Å². The molecule has 122 valence electrons. The number of aromatic nitrogens is 2. The molecule has 0 fully saturated rings. The molecule has 0 atom stereocenters. The van der Waals surface area contributed by atoms with Gasteiger partial charge in [-0.15, -0.1) is 0 Å². The van der Waals surface area contributed by atoms with Crippen molar-refractivity contribution in [2.75, 3.05) is 19.4 Å². The molecule has 24 heavy (non-hydrogen) atoms. The van der Waals surface area contributed by atoms with Gasteiger partial charge in [0.05, 0.1) is 10.9 Å². The van der Waals surface area contributed by atoms with Crippen LogP contribution in [0.15, 0.2) is 47.3 Å². The fourth-order valence-electron chi connectivity index (χ4n) is 2.52. The highest BCUT2D eigenvalue weighted by Crippen LogP contribution is 2.19. The smallest absolute Gasteiger partial charge is 0.272 e. The van der Waals surface area contributed by atoms with E-state index in [4.69, 9.17) is 0 Å². The summed E-state index contributed by atoms with van der Waals surface area (Å²) >= 11 is 0. The Balaban J connectivity index is 2.15. The topological polar surface area (TPSA) is 78.1 Å². The number of para-hydroxylation sites is 1. The number of rotatable bonds is 3. The Labute approximate surface area is 139 Å². The van der Waals surface area contributed by atoms with E-state index in [9.17, 15) is 9.59 Å². The number of hydrogen-bond acceptors (Lipinski definition) is 4. The Morgan fingerprint density at radius 2 is 1.88 bits per heavy atom. The molecule has 6 nitrogen and oxygen atoms in total. The first kappa shape index (κ1) is 15.7. The van der Waals surface area contributed by atoms with Crippen LogP contribution < -0.4 is 10.7 Å². The maximum atomic E-state index is 12.6. The number of nitrogens with zero attached hydrogens (tertiary/aromatic N) is 2. The quantitative estimate of drug-likeness (QED) is 0.777. The predicted octanol–water partition coefficient (Wildman–Crippen LogP) is 2.68. The lowest BCUT2D eigenvalue weighted by Gasteiger charge is -2.13. The normalized spacial score (nSPS) is 10.6. The van der Waals surface area contributed by atoms with Crippen molar-refractivity contribution in [3.05, 3.63) is 64.1 Å². The van der Waals surface area contributed by atoms with E-state index >= 15 is 0 Å². The molecule has 3 rings (SSSR count). The second kappa shape index (κ2) is 6.16. The molecule has 3 aromatic rings. The highest BCUT2D eigenvalue weighted by molar-refractivity contribution is 6.04. The molecule has 0 saturated carbocycles. The minimum Gasteiger partial charge on any atom is -0.343 e. The van der Waals surface area contributed by atoms with Crippen molar-refractivity contribution >= 4 is 28.3 Å². The third-order valence-corrected chi connectivity index (χ3v) is 3.60. The Kier molecular flexibility index (Phi) is 4.04. The lowest BCUT2D eigenvalue weighted by atomic mass is 10.1. The van der Waals surface area contributed by atoms with Gasteiger partial charge in [-0.1, -0.05) is 18.2 Å². The highest BCUT2D eigenvalue weighted by Gasteiger charge is 2.18. The second-order valence-electron chi connectivity index (χ2n) is 5.77. The number of H-pyrrole nitrogens is 1. The summed E-state index contributed by atoms with van der Waals surface area (Å²) in [6, 6.07) is 12.7. The van der Waals surface area contributed by atoms with Crippen LogP contribution in [0.2, 0.25) is 0 Å². The zero-order valence-electron chi connectivity index (χ0n) is 13.8. The van der Waals surface area contributed by atoms with Crippen LogP contribution in [0.1, 0.15) is 16.2 Å². The lowest BCUT2D eigenvalue weighted by molar-refractivity contribution is 0.0824. The molecule has 0 radical (unpaired) electrons. The average molecular weight is 322 g/mol. The third-order valence-electron chi connectivity index (χ3n) is 3.60. The van der Waals surface area contributed by atoms with Gasteiger partial charge in [0.15, 0.2) is 5.43 Å². The number of amides is 1. The van der Waals surface area contributed by atoms with Gasteiger partial charge in [0.25, 0.3) is 5.91 Å². The molecule has 2 aromatic heterocycles. The van der Waals surface area contributed by atoms with Crippen LogP contribution in [0.3, 0.4) is 0 Å². The Morgan fingerprint density at radius 1 is 1.17 bits per heavy atom. The fourth-order valence-corrected chi connectivity index (χ4v) is 2.52. The van der Waals surface area contributed by atoms with Gasteiger partial charge in [-0.2, -0.15) is 0 Å². The number of benzene rings is 1. The van der Waals surface area contributed by atoms with Crippen molar-refractivity contribution in [2.24, 2.45) is 0 Å². The number of fused-ring (bicyclic) bond motifs is 1. The van der Waals surface area contributed by atoms with Gasteiger partial charge in [-0.3, -0.25) is 9.59 Å². The van der Waals surface area contributed by atoms with Crippen LogP contribution >= 0.6 is 0 Å². The van der Waals surface area contributed by atoms with Crippen LogP contribution in [0, 0.1) is 6.92 Å². The van der Waals surface area contributed by atoms with Crippen molar-refractivity contribution in [1.82, 2.24) is 14.9 Å². The lowest BCUT2D eigenvalue weighted by Crippen LogP contribution is -2.25. The third kappa shape index (κ3) is 2.99. The summed E-state index contributed by atoms with van der Waals surface area (Å²) in [5.74, 6) is 0.269. The van der Waals surface area contributed by atoms with Crippen molar-refractivity contribution < 1.29 is 4.79 Å². The molecule has 6 heteroatoms. The van der Waals surface area contributed by atoms with Gasteiger partial charge in [-0.05, 0) is 25.1 Å². The number of nitrogens with one attached hydrogen (secondary N) is 2. The van der Waals surface area contributed by atoms with Crippen molar-refractivity contribution in [3.63, 3.8) is 0 Å². The summed E-state index contributed by atoms with van der Waals surface area (Å²) in [6.45, 7) is 1.79. The van der Waals surface area contributed by atoms with E-state index in [2.05, 4.69) is 15.3 Å². The number of aryl methyl sites for hydroxylation is 1. The summed E-state index contributed by atoms with van der Waals surface area (Å²) in [5.41, 5.74) is 2.03. The number of aromatic amines is 1. The molecule has 1 amide bonds. The Hall–Kier alpha value is -3.15. The number of hydrogen-bond donors (Lipinski definition) is 2. The van der Waals surface area contributed by atoms with Gasteiger partial charge in [0, 0.05) is 31.5 Å². The van der Waals surface area contributed by atoms with Crippen LogP contribution in [-0.4, -0.2) is 34.9 Å². The summed E-state index contributed by atoms with van der Waals surface area (Å²) in [4.78, 5) is 33.8. The molecular weight excluding hydrogens is 304 g/mol. The van der Waals surface area contributed by atoms with Gasteiger partial charge < -0.3 is 15.2 Å². The number of carbonyl (C=O) groups excluding carboxylic acids is 1. The van der Waals surface area contributed by atoms with Gasteiger partial charge in [0.1, 0.15) is 11.5 Å². The molecule has 0 bridgehead atoms. The van der Waals surface area contributed by atoms with Crippen molar-refractivity contribution in [1.29, 1.82) is 0 Å². The molecule has 2 heterocycles. The van der Waals surface area contributed by atoms with E-state index in [1.54, 1.807) is 27.1 Å². The number of pyridine rings is 2. The largest absolute Gasteiger partial charge is 0.343 e. The molecule has 0 aliphatic heterocycles. The summed E-state index contributed by atoms with van der Waals surface area (Å²) in [6.07, 6.45) is 0. The van der Waals surface area contributed by atoms with Crippen LogP contribution in [0.5, 0.6) is 0 Å². The monoisotopic (exact) mass is 322 g/mol. The molecule has 0 saturated heterocycles. The Bertz CT molecular complexity index is 962. The first-order valence-corrected chi connectivity index (χ1v) is 7.54. The molecular formula is C18H18N4O2. The average Bonchev–Trinajstić information content (AvgIpc) is 2.53. The number of carbonyl (C=O) groups is 1. The van der Waals surface area contributed by atoms with Gasteiger partial charge in [-0.25, -0.2) is 4.98 Å². The molecule has 2 N–H and O–H groups in total. The SMILES string of the molecule is Cc1cc2[nH]c(Nc3ccccc3)cc(=O)c2c(C(=O)N(C)C)n1. The van der Waals surface area contributed by atoms with Crippen LogP contribution in [-0.2, 0) is 0 Å². The first-order valence-electron chi connectivity index (χ1n) is 7.54. The van der Waals surface area contributed by atoms with E-state index < -0.39 is 0 Å². The fraction of sp³-hybridized carbons (Fsp3) is 0.167. The predicted molar refractivity (Wildman–Crippen MR) is 94.8 cm³/mol. The van der Waals surface area contributed by atoms with E-state index in [-0.39, 0.29) is 17.0 Å². The van der Waals surface area contributed by atoms with E-state index in [0.717, 1.165) is 5.69 Å². The number of anilines is 2. The van der Waals surface area contributed by atoms with Crippen LogP contribution in [0.25, 0.3) is 10.9 Å². The van der Waals surface area contributed by atoms with Crippen LogP contribution in [0.4, 0.5) is 11.5 Å². The van der Waals surface area contributed by atoms with Gasteiger partial charge in [0.2, 0.25) is 0 Å². The molecule has 0 aliphatic carbocycles. The van der Waals surface area contributed by atoms with Gasteiger partial charge >= 0.3 is 0 Å². The zero-order valence-corrected chi connectivity index (χ0v) is 13.8.